The molecule has 110 valence electrons. The van der Waals surface area contributed by atoms with E-state index in [1.165, 1.54) is 11.0 Å². The Kier molecular flexibility index (Phi) is 4.44. The van der Waals surface area contributed by atoms with Crippen molar-refractivity contribution >= 4 is 17.7 Å². The average molecular weight is 290 g/mol. The molecule has 0 radical (unpaired) electrons. The van der Waals surface area contributed by atoms with Gasteiger partial charge in [-0.05, 0) is 35.0 Å². The minimum Gasteiger partial charge on any atom is -0.481 e. The van der Waals surface area contributed by atoms with Gasteiger partial charge in [0, 0.05) is 12.2 Å². The fourth-order valence-corrected chi connectivity index (χ4v) is 1.62. The maximum absolute atomic E-state index is 11.7. The van der Waals surface area contributed by atoms with Gasteiger partial charge in [-0.1, -0.05) is 6.07 Å². The van der Waals surface area contributed by atoms with Crippen molar-refractivity contribution in [2.45, 2.75) is 13.3 Å². The number of carbonyl (C=O) groups excluding carboxylic acids is 1. The smallest absolute Gasteiger partial charge is 0.319 e. The molecule has 0 aliphatic carbocycles. The van der Waals surface area contributed by atoms with E-state index in [4.69, 9.17) is 5.11 Å². The van der Waals surface area contributed by atoms with Crippen LogP contribution in [0.2, 0.25) is 0 Å². The quantitative estimate of drug-likeness (QED) is 0.739. The van der Waals surface area contributed by atoms with Crippen LogP contribution in [0.15, 0.2) is 24.5 Å². The van der Waals surface area contributed by atoms with E-state index < -0.39 is 12.0 Å². The van der Waals surface area contributed by atoms with Gasteiger partial charge in [-0.15, -0.1) is 5.10 Å². The lowest BCUT2D eigenvalue weighted by molar-refractivity contribution is -0.136. The number of hydrogen-bond acceptors (Lipinski definition) is 5. The number of nitrogens with zero attached hydrogens (tertiary/aromatic N) is 4. The standard InChI is InChI=1S/C12H14N6O3/c1-8-2-3-9(18-7-14-16-17-18)6-10(8)15-12(21)13-5-4-11(19)20/h2-3,6-7H,4-5H2,1H3,(H,19,20)(H2,13,15,21). The Morgan fingerprint density at radius 2 is 2.19 bits per heavy atom. The van der Waals surface area contributed by atoms with Crippen LogP contribution >= 0.6 is 0 Å². The lowest BCUT2D eigenvalue weighted by Gasteiger charge is -2.11. The van der Waals surface area contributed by atoms with Crippen LogP contribution in [0.3, 0.4) is 0 Å². The summed E-state index contributed by atoms with van der Waals surface area (Å²) in [5.74, 6) is -0.966. The number of benzene rings is 1. The van der Waals surface area contributed by atoms with Crippen molar-refractivity contribution in [3.63, 3.8) is 0 Å². The van der Waals surface area contributed by atoms with E-state index in [9.17, 15) is 9.59 Å². The van der Waals surface area contributed by atoms with Crippen LogP contribution in [0.1, 0.15) is 12.0 Å². The zero-order chi connectivity index (χ0) is 15.2. The third-order valence-electron chi connectivity index (χ3n) is 2.71. The number of urea groups is 1. The Labute approximate surface area is 120 Å². The topological polar surface area (TPSA) is 122 Å². The fourth-order valence-electron chi connectivity index (χ4n) is 1.62. The highest BCUT2D eigenvalue weighted by Crippen LogP contribution is 2.18. The zero-order valence-corrected chi connectivity index (χ0v) is 11.3. The summed E-state index contributed by atoms with van der Waals surface area (Å²) in [6, 6.07) is 4.90. The first-order valence-electron chi connectivity index (χ1n) is 6.17. The highest BCUT2D eigenvalue weighted by molar-refractivity contribution is 5.90. The molecule has 1 aromatic carbocycles. The van der Waals surface area contributed by atoms with Gasteiger partial charge in [0.1, 0.15) is 6.33 Å². The summed E-state index contributed by atoms with van der Waals surface area (Å²) in [5.41, 5.74) is 2.16. The molecule has 21 heavy (non-hydrogen) atoms. The second-order valence-corrected chi connectivity index (χ2v) is 4.28. The lowest BCUT2D eigenvalue weighted by atomic mass is 10.2. The minimum absolute atomic E-state index is 0.0624. The summed E-state index contributed by atoms with van der Waals surface area (Å²) in [4.78, 5) is 22.1. The summed E-state index contributed by atoms with van der Waals surface area (Å²) in [6.07, 6.45) is 1.32. The predicted molar refractivity (Wildman–Crippen MR) is 73.2 cm³/mol. The second kappa shape index (κ2) is 6.46. The average Bonchev–Trinajstić information content (AvgIpc) is 2.95. The fraction of sp³-hybridized carbons (Fsp3) is 0.250. The molecule has 0 saturated carbocycles. The van der Waals surface area contributed by atoms with Crippen LogP contribution in [0.5, 0.6) is 0 Å². The monoisotopic (exact) mass is 290 g/mol. The summed E-state index contributed by atoms with van der Waals surface area (Å²) >= 11 is 0. The van der Waals surface area contributed by atoms with Crippen molar-refractivity contribution in [2.75, 3.05) is 11.9 Å². The van der Waals surface area contributed by atoms with E-state index in [2.05, 4.69) is 26.2 Å². The summed E-state index contributed by atoms with van der Waals surface area (Å²) in [5, 5.41) is 24.5. The Morgan fingerprint density at radius 3 is 2.86 bits per heavy atom. The molecular formula is C12H14N6O3. The van der Waals surface area contributed by atoms with Gasteiger partial charge in [-0.25, -0.2) is 9.48 Å². The number of aryl methyl sites for hydroxylation is 1. The van der Waals surface area contributed by atoms with Gasteiger partial charge in [0.25, 0.3) is 0 Å². The van der Waals surface area contributed by atoms with Crippen LogP contribution in [-0.4, -0.2) is 43.9 Å². The number of aliphatic carboxylic acids is 1. The van der Waals surface area contributed by atoms with Gasteiger partial charge in [0.15, 0.2) is 0 Å². The van der Waals surface area contributed by atoms with E-state index in [0.29, 0.717) is 11.4 Å². The Bertz CT molecular complexity index is 640. The first-order valence-corrected chi connectivity index (χ1v) is 6.17. The van der Waals surface area contributed by atoms with Crippen molar-refractivity contribution in [1.82, 2.24) is 25.5 Å². The van der Waals surface area contributed by atoms with Gasteiger partial charge < -0.3 is 15.7 Å². The molecule has 1 heterocycles. The molecule has 0 saturated heterocycles. The molecule has 2 amide bonds. The summed E-state index contributed by atoms with van der Waals surface area (Å²) in [6.45, 7) is 1.91. The molecule has 0 aliphatic heterocycles. The number of amides is 2. The van der Waals surface area contributed by atoms with Gasteiger partial charge in [-0.2, -0.15) is 0 Å². The Hall–Kier alpha value is -2.97. The second-order valence-electron chi connectivity index (χ2n) is 4.28. The van der Waals surface area contributed by atoms with Gasteiger partial charge in [-0.3, -0.25) is 4.79 Å². The van der Waals surface area contributed by atoms with E-state index in [1.54, 1.807) is 6.07 Å². The van der Waals surface area contributed by atoms with E-state index in [1.807, 2.05) is 19.1 Å². The number of carboxylic acid groups (broad SMARTS) is 1. The van der Waals surface area contributed by atoms with Crippen molar-refractivity contribution in [3.05, 3.63) is 30.1 Å². The Balaban J connectivity index is 2.04. The molecular weight excluding hydrogens is 276 g/mol. The number of anilines is 1. The molecule has 3 N–H and O–H groups in total. The molecule has 0 aliphatic rings. The van der Waals surface area contributed by atoms with Gasteiger partial charge in [0.2, 0.25) is 0 Å². The molecule has 1 aromatic heterocycles. The van der Waals surface area contributed by atoms with E-state index in [-0.39, 0.29) is 13.0 Å². The van der Waals surface area contributed by atoms with Crippen molar-refractivity contribution in [2.24, 2.45) is 0 Å². The minimum atomic E-state index is -0.966. The van der Waals surface area contributed by atoms with Crippen molar-refractivity contribution in [1.29, 1.82) is 0 Å². The molecule has 2 aromatic rings. The third-order valence-corrected chi connectivity index (χ3v) is 2.71. The lowest BCUT2D eigenvalue weighted by Crippen LogP contribution is -2.30. The number of tetrazole rings is 1. The molecule has 0 atom stereocenters. The predicted octanol–water partition coefficient (Wildman–Crippen LogP) is 0.567. The highest BCUT2D eigenvalue weighted by atomic mass is 16.4. The van der Waals surface area contributed by atoms with Crippen molar-refractivity contribution < 1.29 is 14.7 Å². The Morgan fingerprint density at radius 1 is 1.38 bits per heavy atom. The maximum Gasteiger partial charge on any atom is 0.319 e. The molecule has 9 heteroatoms. The molecule has 0 fully saturated rings. The first-order chi connectivity index (χ1) is 10.1. The third kappa shape index (κ3) is 4.00. The molecule has 0 bridgehead atoms. The summed E-state index contributed by atoms with van der Waals surface area (Å²) < 4.78 is 1.47. The van der Waals surface area contributed by atoms with Crippen molar-refractivity contribution in [3.8, 4) is 5.69 Å². The zero-order valence-electron chi connectivity index (χ0n) is 11.3. The first kappa shape index (κ1) is 14.4. The maximum atomic E-state index is 11.7. The van der Waals surface area contributed by atoms with Crippen LogP contribution < -0.4 is 10.6 Å². The highest BCUT2D eigenvalue weighted by Gasteiger charge is 2.07. The normalized spacial score (nSPS) is 10.1. The largest absolute Gasteiger partial charge is 0.481 e. The molecule has 9 nitrogen and oxygen atoms in total. The van der Waals surface area contributed by atoms with Crippen LogP contribution in [0.25, 0.3) is 5.69 Å². The van der Waals surface area contributed by atoms with E-state index >= 15 is 0 Å². The van der Waals surface area contributed by atoms with Gasteiger partial charge in [0.05, 0.1) is 12.1 Å². The molecule has 2 rings (SSSR count). The van der Waals surface area contributed by atoms with Crippen LogP contribution in [0, 0.1) is 6.92 Å². The number of carboxylic acids is 1. The van der Waals surface area contributed by atoms with Gasteiger partial charge >= 0.3 is 12.0 Å². The number of carbonyl (C=O) groups is 2. The van der Waals surface area contributed by atoms with E-state index in [0.717, 1.165) is 5.56 Å². The number of rotatable bonds is 5. The summed E-state index contributed by atoms with van der Waals surface area (Å²) in [7, 11) is 0. The number of hydrogen-bond donors (Lipinski definition) is 3. The van der Waals surface area contributed by atoms with Crippen LogP contribution in [0.4, 0.5) is 10.5 Å². The SMILES string of the molecule is Cc1ccc(-n2cnnn2)cc1NC(=O)NCCC(=O)O. The number of aromatic nitrogens is 4. The molecule has 0 spiro atoms. The number of nitrogens with one attached hydrogen (secondary N) is 2. The van der Waals surface area contributed by atoms with Crippen LogP contribution in [-0.2, 0) is 4.79 Å². The molecule has 0 unspecified atom stereocenters.